The molecule has 0 aromatic rings. The van der Waals surface area contributed by atoms with Crippen molar-refractivity contribution in [1.82, 2.24) is 15.5 Å². The first-order valence-corrected chi connectivity index (χ1v) is 4.25. The van der Waals surface area contributed by atoms with Crippen LogP contribution in [0.5, 0.6) is 0 Å². The van der Waals surface area contributed by atoms with Crippen molar-refractivity contribution < 1.29 is 13.2 Å². The summed E-state index contributed by atoms with van der Waals surface area (Å²) in [5, 5.41) is 12.4. The van der Waals surface area contributed by atoms with Crippen molar-refractivity contribution in [2.45, 2.75) is 12.3 Å². The van der Waals surface area contributed by atoms with Gasteiger partial charge in [-0.05, 0) is 7.05 Å². The summed E-state index contributed by atoms with van der Waals surface area (Å²) in [5.41, 5.74) is 0. The molecule has 1 fully saturated rings. The van der Waals surface area contributed by atoms with E-state index < -0.39 is 12.3 Å². The number of piperazine rings is 1. The van der Waals surface area contributed by atoms with Crippen LogP contribution in [-0.4, -0.2) is 49.8 Å². The van der Waals surface area contributed by atoms with Crippen LogP contribution in [0.15, 0.2) is 0 Å². The van der Waals surface area contributed by atoms with Gasteiger partial charge < -0.3 is 10.2 Å². The van der Waals surface area contributed by atoms with Gasteiger partial charge in [0.25, 0.3) is 0 Å². The molecule has 0 aromatic heterocycles. The van der Waals surface area contributed by atoms with E-state index in [2.05, 4.69) is 10.6 Å². The first kappa shape index (κ1) is 11.3. The van der Waals surface area contributed by atoms with E-state index in [1.165, 1.54) is 7.05 Å². The summed E-state index contributed by atoms with van der Waals surface area (Å²) >= 11 is 0. The minimum Gasteiger partial charge on any atom is -0.335 e. The average Bonchev–Trinajstić information content (AvgIpc) is 2.07. The minimum absolute atomic E-state index is 0.0343. The quantitative estimate of drug-likeness (QED) is 0.600. The molecular formula is C7H13F3N4. The zero-order valence-electron chi connectivity index (χ0n) is 7.78. The van der Waals surface area contributed by atoms with E-state index in [0.717, 1.165) is 4.90 Å². The summed E-state index contributed by atoms with van der Waals surface area (Å²) < 4.78 is 37.4. The summed E-state index contributed by atoms with van der Waals surface area (Å²) in [5.74, 6) is -0.0343. The lowest BCUT2D eigenvalue weighted by Crippen LogP contribution is -2.61. The van der Waals surface area contributed by atoms with Crippen LogP contribution in [0, 0.1) is 5.41 Å². The highest BCUT2D eigenvalue weighted by Crippen LogP contribution is 2.23. The van der Waals surface area contributed by atoms with Gasteiger partial charge in [-0.3, -0.25) is 10.7 Å². The second-order valence-electron chi connectivity index (χ2n) is 3.05. The fraction of sp³-hybridized carbons (Fsp3) is 0.857. The molecule has 1 saturated heterocycles. The molecule has 14 heavy (non-hydrogen) atoms. The van der Waals surface area contributed by atoms with Gasteiger partial charge in [0, 0.05) is 13.1 Å². The zero-order valence-corrected chi connectivity index (χ0v) is 7.78. The van der Waals surface area contributed by atoms with Crippen molar-refractivity contribution in [3.8, 4) is 0 Å². The van der Waals surface area contributed by atoms with Crippen molar-refractivity contribution in [3.05, 3.63) is 0 Å². The average molecular weight is 210 g/mol. The second kappa shape index (κ2) is 4.14. The monoisotopic (exact) mass is 210 g/mol. The van der Waals surface area contributed by atoms with Gasteiger partial charge >= 0.3 is 6.18 Å². The maximum Gasteiger partial charge on any atom is 0.422 e. The van der Waals surface area contributed by atoms with Gasteiger partial charge in [-0.15, -0.1) is 0 Å². The predicted molar refractivity (Wildman–Crippen MR) is 46.2 cm³/mol. The van der Waals surface area contributed by atoms with Crippen molar-refractivity contribution in [2.24, 2.45) is 0 Å². The van der Waals surface area contributed by atoms with E-state index in [1.807, 2.05) is 0 Å². The highest BCUT2D eigenvalue weighted by atomic mass is 19.4. The third-order valence-corrected chi connectivity index (χ3v) is 2.06. The van der Waals surface area contributed by atoms with Crippen molar-refractivity contribution in [2.75, 3.05) is 26.7 Å². The van der Waals surface area contributed by atoms with Crippen molar-refractivity contribution in [3.63, 3.8) is 0 Å². The third-order valence-electron chi connectivity index (χ3n) is 2.06. The lowest BCUT2D eigenvalue weighted by Gasteiger charge is -2.37. The first-order valence-electron chi connectivity index (χ1n) is 4.25. The van der Waals surface area contributed by atoms with Crippen LogP contribution >= 0.6 is 0 Å². The Hall–Kier alpha value is -0.820. The Kier molecular flexibility index (Phi) is 3.33. The van der Waals surface area contributed by atoms with Gasteiger partial charge in [0.05, 0.1) is 6.54 Å². The number of rotatable bonds is 2. The molecule has 1 aliphatic heterocycles. The summed E-state index contributed by atoms with van der Waals surface area (Å²) in [4.78, 5) is 1.02. The Morgan fingerprint density at radius 3 is 2.64 bits per heavy atom. The van der Waals surface area contributed by atoms with Gasteiger partial charge in [0.1, 0.15) is 5.84 Å². The van der Waals surface area contributed by atoms with Gasteiger partial charge in [0.15, 0.2) is 6.17 Å². The zero-order chi connectivity index (χ0) is 10.8. The van der Waals surface area contributed by atoms with Crippen molar-refractivity contribution >= 4 is 5.84 Å². The summed E-state index contributed by atoms with van der Waals surface area (Å²) in [6.45, 7) is 0.856. The lowest BCUT2D eigenvalue weighted by atomic mass is 10.3. The standard InChI is InChI=1S/C7H13F3N4/c1-12-6(7(8,9)10)14-3-2-13-4-5(14)11/h6,11-13H,2-4H2,1H3. The first-order chi connectivity index (χ1) is 6.46. The number of halogens is 3. The largest absolute Gasteiger partial charge is 0.422 e. The van der Waals surface area contributed by atoms with Gasteiger partial charge in [-0.1, -0.05) is 0 Å². The maximum atomic E-state index is 12.5. The van der Waals surface area contributed by atoms with Gasteiger partial charge in [-0.25, -0.2) is 0 Å². The highest BCUT2D eigenvalue weighted by Gasteiger charge is 2.44. The fourth-order valence-corrected chi connectivity index (χ4v) is 1.42. The van der Waals surface area contributed by atoms with Crippen LogP contribution < -0.4 is 10.6 Å². The fourth-order valence-electron chi connectivity index (χ4n) is 1.42. The van der Waals surface area contributed by atoms with Crippen LogP contribution in [0.2, 0.25) is 0 Å². The summed E-state index contributed by atoms with van der Waals surface area (Å²) in [6, 6.07) is 0. The van der Waals surface area contributed by atoms with Crippen LogP contribution in [0.25, 0.3) is 0 Å². The Morgan fingerprint density at radius 1 is 1.57 bits per heavy atom. The molecule has 0 aliphatic carbocycles. The molecule has 1 atom stereocenters. The SMILES string of the molecule is CNC(N1CCNCC1=N)C(F)(F)F. The van der Waals surface area contributed by atoms with Crippen LogP contribution in [0.3, 0.4) is 0 Å². The second-order valence-corrected chi connectivity index (χ2v) is 3.05. The third kappa shape index (κ3) is 2.36. The van der Waals surface area contributed by atoms with E-state index in [0.29, 0.717) is 6.54 Å². The number of hydrogen-bond donors (Lipinski definition) is 3. The van der Waals surface area contributed by atoms with Gasteiger partial charge in [-0.2, -0.15) is 13.2 Å². The smallest absolute Gasteiger partial charge is 0.335 e. The number of hydrogen-bond acceptors (Lipinski definition) is 3. The van der Waals surface area contributed by atoms with Crippen LogP contribution in [0.4, 0.5) is 13.2 Å². The molecular weight excluding hydrogens is 197 g/mol. The Labute approximate surface area is 80.0 Å². The molecule has 0 amide bonds. The molecule has 0 bridgehead atoms. The summed E-state index contributed by atoms with van der Waals surface area (Å²) in [7, 11) is 1.24. The number of nitrogens with one attached hydrogen (secondary N) is 3. The minimum atomic E-state index is -4.35. The van der Waals surface area contributed by atoms with E-state index in [-0.39, 0.29) is 18.9 Å². The number of alkyl halides is 3. The van der Waals surface area contributed by atoms with Gasteiger partial charge in [0.2, 0.25) is 0 Å². The Bertz CT molecular complexity index is 215. The Balaban J connectivity index is 2.72. The number of nitrogens with zero attached hydrogens (tertiary/aromatic N) is 1. The molecule has 7 heteroatoms. The summed E-state index contributed by atoms with van der Waals surface area (Å²) in [6.07, 6.45) is -6.10. The molecule has 1 heterocycles. The molecule has 0 radical (unpaired) electrons. The van der Waals surface area contributed by atoms with E-state index >= 15 is 0 Å². The normalized spacial score (nSPS) is 21.1. The van der Waals surface area contributed by atoms with Crippen LogP contribution in [-0.2, 0) is 0 Å². The van der Waals surface area contributed by atoms with E-state index in [1.54, 1.807) is 0 Å². The van der Waals surface area contributed by atoms with Crippen molar-refractivity contribution in [1.29, 1.82) is 5.41 Å². The molecule has 1 aliphatic rings. The molecule has 0 spiro atoms. The molecule has 0 saturated carbocycles. The molecule has 0 aromatic carbocycles. The molecule has 3 N–H and O–H groups in total. The number of amidine groups is 1. The highest BCUT2D eigenvalue weighted by molar-refractivity contribution is 5.82. The maximum absolute atomic E-state index is 12.5. The van der Waals surface area contributed by atoms with E-state index in [4.69, 9.17) is 5.41 Å². The molecule has 1 unspecified atom stereocenters. The molecule has 4 nitrogen and oxygen atoms in total. The van der Waals surface area contributed by atoms with E-state index in [9.17, 15) is 13.2 Å². The Morgan fingerprint density at radius 2 is 2.21 bits per heavy atom. The predicted octanol–water partition coefficient (Wildman–Crippen LogP) is -0.0233. The van der Waals surface area contributed by atoms with Crippen LogP contribution in [0.1, 0.15) is 0 Å². The lowest BCUT2D eigenvalue weighted by molar-refractivity contribution is -0.181. The molecule has 82 valence electrons. The molecule has 1 rings (SSSR count). The topological polar surface area (TPSA) is 51.1 Å².